The molecule has 2 aromatic rings. The van der Waals surface area contributed by atoms with E-state index in [0.29, 0.717) is 0 Å². The van der Waals surface area contributed by atoms with Crippen LogP contribution in [0.2, 0.25) is 0 Å². The summed E-state index contributed by atoms with van der Waals surface area (Å²) in [5.41, 5.74) is 1.15. The zero-order valence-electron chi connectivity index (χ0n) is 9.50. The average molecular weight is 230 g/mol. The van der Waals surface area contributed by atoms with Crippen molar-refractivity contribution in [3.8, 4) is 0 Å². The van der Waals surface area contributed by atoms with Crippen LogP contribution in [0.25, 0.3) is 10.9 Å². The Hall–Kier alpha value is -1.84. The molecule has 1 aromatic carbocycles. The minimum absolute atomic E-state index is 0.172. The molecular formula is C13H14N2O2. The second kappa shape index (κ2) is 3.87. The zero-order valence-corrected chi connectivity index (χ0v) is 9.50. The monoisotopic (exact) mass is 230 g/mol. The predicted octanol–water partition coefficient (Wildman–Crippen LogP) is 3.35. The number of hydrogen-bond acceptors (Lipinski definition) is 2. The maximum absolute atomic E-state index is 10.8. The van der Waals surface area contributed by atoms with Crippen LogP contribution < -0.4 is 0 Å². The number of fused-ring (bicyclic) bond motifs is 1. The molecule has 0 radical (unpaired) electrons. The minimum atomic E-state index is -0.333. The molecule has 1 heterocycles. The van der Waals surface area contributed by atoms with Gasteiger partial charge in [-0.2, -0.15) is 0 Å². The molecule has 0 aliphatic heterocycles. The summed E-state index contributed by atoms with van der Waals surface area (Å²) in [5.74, 6) is 0.755. The van der Waals surface area contributed by atoms with E-state index in [1.807, 2.05) is 18.3 Å². The first kappa shape index (κ1) is 10.3. The summed E-state index contributed by atoms with van der Waals surface area (Å²) in [6.07, 6.45) is 5.93. The van der Waals surface area contributed by atoms with Crippen LogP contribution in [0.15, 0.2) is 30.5 Å². The van der Waals surface area contributed by atoms with Gasteiger partial charge in [-0.25, -0.2) is 0 Å². The van der Waals surface area contributed by atoms with Gasteiger partial charge in [-0.15, -0.1) is 0 Å². The molecule has 3 rings (SSSR count). The number of nitro benzene ring substituents is 1. The van der Waals surface area contributed by atoms with Crippen molar-refractivity contribution in [2.75, 3.05) is 0 Å². The fourth-order valence-electron chi connectivity index (χ4n) is 2.40. The second-order valence-corrected chi connectivity index (χ2v) is 4.77. The second-order valence-electron chi connectivity index (χ2n) is 4.77. The number of benzene rings is 1. The molecule has 4 nitrogen and oxygen atoms in total. The Morgan fingerprint density at radius 2 is 2.18 bits per heavy atom. The number of aromatic nitrogens is 1. The summed E-state index contributed by atoms with van der Waals surface area (Å²) in [7, 11) is 0. The van der Waals surface area contributed by atoms with Crippen LogP contribution in [-0.2, 0) is 6.54 Å². The van der Waals surface area contributed by atoms with E-state index >= 15 is 0 Å². The van der Waals surface area contributed by atoms with Crippen molar-refractivity contribution >= 4 is 16.6 Å². The van der Waals surface area contributed by atoms with Gasteiger partial charge in [0.25, 0.3) is 5.69 Å². The molecule has 17 heavy (non-hydrogen) atoms. The Morgan fingerprint density at radius 3 is 2.82 bits per heavy atom. The quantitative estimate of drug-likeness (QED) is 0.599. The van der Waals surface area contributed by atoms with E-state index in [-0.39, 0.29) is 10.6 Å². The van der Waals surface area contributed by atoms with Crippen molar-refractivity contribution in [3.05, 3.63) is 40.6 Å². The molecule has 1 aromatic heterocycles. The molecule has 0 spiro atoms. The largest absolute Gasteiger partial charge is 0.347 e. The fourth-order valence-corrected chi connectivity index (χ4v) is 2.40. The maximum Gasteiger partial charge on any atom is 0.271 e. The Balaban J connectivity index is 1.99. The first-order valence-corrected chi connectivity index (χ1v) is 5.97. The van der Waals surface area contributed by atoms with E-state index in [4.69, 9.17) is 0 Å². The molecule has 4 heteroatoms. The van der Waals surface area contributed by atoms with Gasteiger partial charge in [0, 0.05) is 30.3 Å². The van der Waals surface area contributed by atoms with Crippen molar-refractivity contribution in [2.24, 2.45) is 5.92 Å². The summed E-state index contributed by atoms with van der Waals surface area (Å²) in [5, 5.41) is 11.8. The number of hydrogen-bond donors (Lipinski definition) is 0. The lowest BCUT2D eigenvalue weighted by Gasteiger charge is -2.26. The number of nitro groups is 1. The van der Waals surface area contributed by atoms with Gasteiger partial charge in [-0.05, 0) is 30.9 Å². The Bertz CT molecular complexity index is 570. The molecule has 0 bridgehead atoms. The van der Waals surface area contributed by atoms with Crippen LogP contribution in [0, 0.1) is 16.0 Å². The predicted molar refractivity (Wildman–Crippen MR) is 65.9 cm³/mol. The molecule has 1 aliphatic rings. The third kappa shape index (κ3) is 1.79. The summed E-state index contributed by atoms with van der Waals surface area (Å²) in [6.45, 7) is 0.991. The van der Waals surface area contributed by atoms with Crippen LogP contribution in [0.5, 0.6) is 0 Å². The lowest BCUT2D eigenvalue weighted by molar-refractivity contribution is -0.384. The summed E-state index contributed by atoms with van der Waals surface area (Å²) in [6, 6.07) is 7.09. The molecular weight excluding hydrogens is 216 g/mol. The Kier molecular flexibility index (Phi) is 2.35. The SMILES string of the molecule is O=[N+]([O-])c1ccc2ccn(CC3CCC3)c2c1. The molecule has 1 saturated carbocycles. The van der Waals surface area contributed by atoms with Crippen LogP contribution in [0.1, 0.15) is 19.3 Å². The first-order chi connectivity index (χ1) is 8.24. The van der Waals surface area contributed by atoms with Gasteiger partial charge in [-0.1, -0.05) is 6.42 Å². The highest BCUT2D eigenvalue weighted by Crippen LogP contribution is 2.30. The molecule has 0 unspecified atom stereocenters. The molecule has 0 N–H and O–H groups in total. The number of nitrogens with zero attached hydrogens (tertiary/aromatic N) is 2. The molecule has 0 amide bonds. The van der Waals surface area contributed by atoms with Crippen molar-refractivity contribution in [2.45, 2.75) is 25.8 Å². The summed E-state index contributed by atoms with van der Waals surface area (Å²) >= 11 is 0. The normalized spacial score (nSPS) is 16.0. The van der Waals surface area contributed by atoms with E-state index in [1.54, 1.807) is 12.1 Å². The van der Waals surface area contributed by atoms with Crippen LogP contribution in [-0.4, -0.2) is 9.49 Å². The Labute approximate surface area is 99.0 Å². The van der Waals surface area contributed by atoms with E-state index in [0.717, 1.165) is 23.4 Å². The van der Waals surface area contributed by atoms with Gasteiger partial charge in [0.15, 0.2) is 0 Å². The molecule has 0 atom stereocenters. The van der Waals surface area contributed by atoms with Gasteiger partial charge in [0.1, 0.15) is 0 Å². The van der Waals surface area contributed by atoms with E-state index in [2.05, 4.69) is 4.57 Å². The van der Waals surface area contributed by atoms with Gasteiger partial charge in [0.05, 0.1) is 10.4 Å². The lowest BCUT2D eigenvalue weighted by Crippen LogP contribution is -2.17. The topological polar surface area (TPSA) is 48.1 Å². The van der Waals surface area contributed by atoms with Gasteiger partial charge < -0.3 is 4.57 Å². The van der Waals surface area contributed by atoms with Crippen molar-refractivity contribution in [3.63, 3.8) is 0 Å². The third-order valence-electron chi connectivity index (χ3n) is 3.65. The van der Waals surface area contributed by atoms with Gasteiger partial charge >= 0.3 is 0 Å². The molecule has 0 saturated heterocycles. The van der Waals surface area contributed by atoms with Crippen LogP contribution >= 0.6 is 0 Å². The number of rotatable bonds is 3. The fraction of sp³-hybridized carbons (Fsp3) is 0.385. The molecule has 1 aliphatic carbocycles. The molecule has 88 valence electrons. The number of non-ortho nitro benzene ring substituents is 1. The van der Waals surface area contributed by atoms with E-state index in [1.165, 1.54) is 19.3 Å². The maximum atomic E-state index is 10.8. The lowest BCUT2D eigenvalue weighted by atomic mass is 9.85. The highest BCUT2D eigenvalue weighted by atomic mass is 16.6. The summed E-state index contributed by atoms with van der Waals surface area (Å²) in [4.78, 5) is 10.4. The van der Waals surface area contributed by atoms with Crippen LogP contribution in [0.3, 0.4) is 0 Å². The van der Waals surface area contributed by atoms with Crippen molar-refractivity contribution < 1.29 is 4.92 Å². The van der Waals surface area contributed by atoms with Crippen molar-refractivity contribution in [1.29, 1.82) is 0 Å². The van der Waals surface area contributed by atoms with Gasteiger partial charge in [0.2, 0.25) is 0 Å². The summed E-state index contributed by atoms with van der Waals surface area (Å²) < 4.78 is 2.14. The highest BCUT2D eigenvalue weighted by Gasteiger charge is 2.18. The van der Waals surface area contributed by atoms with Crippen LogP contribution in [0.4, 0.5) is 5.69 Å². The zero-order chi connectivity index (χ0) is 11.8. The third-order valence-corrected chi connectivity index (χ3v) is 3.65. The Morgan fingerprint density at radius 1 is 1.35 bits per heavy atom. The van der Waals surface area contributed by atoms with E-state index < -0.39 is 0 Å². The van der Waals surface area contributed by atoms with Crippen molar-refractivity contribution in [1.82, 2.24) is 4.57 Å². The van der Waals surface area contributed by atoms with Gasteiger partial charge in [-0.3, -0.25) is 10.1 Å². The standard InChI is InChI=1S/C13H14N2O2/c16-15(17)12-5-4-11-6-7-14(13(11)8-12)9-10-2-1-3-10/h4-8,10H,1-3,9H2. The van der Waals surface area contributed by atoms with E-state index in [9.17, 15) is 10.1 Å². The molecule has 1 fully saturated rings. The minimum Gasteiger partial charge on any atom is -0.347 e. The average Bonchev–Trinajstić information content (AvgIpc) is 2.65. The highest BCUT2D eigenvalue weighted by molar-refractivity contribution is 5.82. The first-order valence-electron chi connectivity index (χ1n) is 5.97. The smallest absolute Gasteiger partial charge is 0.271 e.